The van der Waals surface area contributed by atoms with E-state index in [-0.39, 0.29) is 22.4 Å². The van der Waals surface area contributed by atoms with Crippen LogP contribution in [0.25, 0.3) is 0 Å². The van der Waals surface area contributed by atoms with Crippen molar-refractivity contribution in [3.05, 3.63) is 62.6 Å². The third-order valence-corrected chi connectivity index (χ3v) is 8.45. The lowest BCUT2D eigenvalue weighted by molar-refractivity contribution is 0.0526. The van der Waals surface area contributed by atoms with Crippen LogP contribution in [0.3, 0.4) is 0 Å². The largest absolute Gasteiger partial charge is 0.462 e. The van der Waals surface area contributed by atoms with Gasteiger partial charge in [0, 0.05) is 9.35 Å². The normalized spacial score (nSPS) is 13.4. The first-order valence-corrected chi connectivity index (χ1v) is 13.1. The molecule has 0 radical (unpaired) electrons. The van der Waals surface area contributed by atoms with Gasteiger partial charge in [-0.1, -0.05) is 15.9 Å². The molecule has 3 aromatic rings. The van der Waals surface area contributed by atoms with Crippen molar-refractivity contribution in [1.29, 1.82) is 0 Å². The lowest BCUT2D eigenvalue weighted by Crippen LogP contribution is -2.15. The predicted molar refractivity (Wildman–Crippen MR) is 123 cm³/mol. The van der Waals surface area contributed by atoms with Crippen LogP contribution in [0.2, 0.25) is 0 Å². The highest BCUT2D eigenvalue weighted by Crippen LogP contribution is 2.39. The van der Waals surface area contributed by atoms with Crippen molar-refractivity contribution < 1.29 is 27.2 Å². The minimum Gasteiger partial charge on any atom is -0.462 e. The number of benzene rings is 1. The Labute approximate surface area is 197 Å². The lowest BCUT2D eigenvalue weighted by Gasteiger charge is -2.12. The summed E-state index contributed by atoms with van der Waals surface area (Å²) in [5.41, 5.74) is 1.31. The molecule has 0 unspecified atom stereocenters. The van der Waals surface area contributed by atoms with Gasteiger partial charge in [0.15, 0.2) is 5.76 Å². The highest BCUT2D eigenvalue weighted by Gasteiger charge is 2.29. The zero-order valence-electron chi connectivity index (χ0n) is 17.1. The predicted octanol–water partition coefficient (Wildman–Crippen LogP) is 5.24. The first-order valence-electron chi connectivity index (χ1n) is 10.0. The molecule has 2 heterocycles. The molecule has 0 saturated heterocycles. The number of carbonyl (C=O) groups is 2. The van der Waals surface area contributed by atoms with Crippen LogP contribution in [-0.2, 0) is 27.4 Å². The highest BCUT2D eigenvalue weighted by atomic mass is 79.9. The van der Waals surface area contributed by atoms with E-state index in [1.807, 2.05) is 0 Å². The van der Waals surface area contributed by atoms with Gasteiger partial charge in [0.1, 0.15) is 5.00 Å². The molecule has 1 amide bonds. The van der Waals surface area contributed by atoms with Crippen LogP contribution in [0.15, 0.2) is 55.3 Å². The molecule has 168 valence electrons. The molecule has 1 aliphatic rings. The minimum atomic E-state index is -3.91. The molecule has 2 aromatic heterocycles. The van der Waals surface area contributed by atoms with Gasteiger partial charge in [-0.25, -0.2) is 13.2 Å². The zero-order valence-corrected chi connectivity index (χ0v) is 20.4. The standard InChI is InChI=1S/C22H20BrNO6S2/c1-2-29-22(26)19-15-5-3-4-6-17(15)31-21(19)24-20(25)16-11-12-18(30-16)32(27,28)14-9-7-13(23)8-10-14/h7-12H,2-6H2,1H3,(H,24,25). The van der Waals surface area contributed by atoms with Crippen molar-refractivity contribution in [2.24, 2.45) is 0 Å². The summed E-state index contributed by atoms with van der Waals surface area (Å²) in [6.07, 6.45) is 3.60. The summed E-state index contributed by atoms with van der Waals surface area (Å²) in [7, 11) is -3.91. The zero-order chi connectivity index (χ0) is 22.9. The summed E-state index contributed by atoms with van der Waals surface area (Å²) in [6, 6.07) is 8.67. The Morgan fingerprint density at radius 1 is 1.12 bits per heavy atom. The lowest BCUT2D eigenvalue weighted by atomic mass is 9.95. The molecule has 0 bridgehead atoms. The van der Waals surface area contributed by atoms with E-state index in [0.717, 1.165) is 40.6 Å². The van der Waals surface area contributed by atoms with Crippen molar-refractivity contribution in [2.45, 2.75) is 42.6 Å². The molecule has 10 heteroatoms. The molecule has 4 rings (SSSR count). The van der Waals surface area contributed by atoms with Gasteiger partial charge in [-0.2, -0.15) is 0 Å². The summed E-state index contributed by atoms with van der Waals surface area (Å²) >= 11 is 4.62. The fourth-order valence-electron chi connectivity index (χ4n) is 3.55. The van der Waals surface area contributed by atoms with Gasteiger partial charge >= 0.3 is 5.97 Å². The topological polar surface area (TPSA) is 103 Å². The first kappa shape index (κ1) is 22.8. The van der Waals surface area contributed by atoms with E-state index in [1.165, 1.54) is 35.6 Å². The number of sulfone groups is 1. The van der Waals surface area contributed by atoms with Crippen LogP contribution in [0, 0.1) is 0 Å². The van der Waals surface area contributed by atoms with E-state index in [0.29, 0.717) is 10.6 Å². The minimum absolute atomic E-state index is 0.0533. The molecule has 1 N–H and O–H groups in total. The van der Waals surface area contributed by atoms with Gasteiger partial charge in [0.2, 0.25) is 14.9 Å². The number of anilines is 1. The Bertz CT molecular complexity index is 1270. The van der Waals surface area contributed by atoms with Gasteiger partial charge in [0.05, 0.1) is 17.1 Å². The number of ether oxygens (including phenoxy) is 1. The second-order valence-electron chi connectivity index (χ2n) is 7.17. The Kier molecular flexibility index (Phi) is 6.55. The fourth-order valence-corrected chi connectivity index (χ4v) is 6.26. The van der Waals surface area contributed by atoms with E-state index >= 15 is 0 Å². The van der Waals surface area contributed by atoms with Crippen LogP contribution < -0.4 is 5.32 Å². The second kappa shape index (κ2) is 9.21. The Morgan fingerprint density at radius 2 is 1.84 bits per heavy atom. The smallest absolute Gasteiger partial charge is 0.341 e. The van der Waals surface area contributed by atoms with Crippen molar-refractivity contribution in [3.8, 4) is 0 Å². The maximum Gasteiger partial charge on any atom is 0.341 e. The van der Waals surface area contributed by atoms with Crippen LogP contribution in [0.1, 0.15) is 51.1 Å². The van der Waals surface area contributed by atoms with Gasteiger partial charge in [-0.05, 0) is 74.6 Å². The van der Waals surface area contributed by atoms with Gasteiger partial charge in [-0.15, -0.1) is 11.3 Å². The average Bonchev–Trinajstić information content (AvgIpc) is 3.39. The molecule has 1 aliphatic carbocycles. The number of hydrogen-bond acceptors (Lipinski definition) is 7. The number of amides is 1. The maximum absolute atomic E-state index is 12.8. The maximum atomic E-state index is 12.8. The number of halogens is 1. The molecule has 0 aliphatic heterocycles. The number of thiophene rings is 1. The third kappa shape index (κ3) is 4.39. The van der Waals surface area contributed by atoms with Crippen LogP contribution >= 0.6 is 27.3 Å². The molecule has 1 aromatic carbocycles. The third-order valence-electron chi connectivity index (χ3n) is 5.07. The second-order valence-corrected chi connectivity index (χ2v) is 11.1. The molecule has 32 heavy (non-hydrogen) atoms. The molecule has 0 spiro atoms. The summed E-state index contributed by atoms with van der Waals surface area (Å²) in [5, 5.41) is 2.78. The Balaban J connectivity index is 1.61. The Morgan fingerprint density at radius 3 is 2.56 bits per heavy atom. The molecule has 0 fully saturated rings. The first-order chi connectivity index (χ1) is 15.3. The summed E-state index contributed by atoms with van der Waals surface area (Å²) < 4.78 is 36.9. The number of furan rings is 1. The fraction of sp³-hybridized carbons (Fsp3) is 0.273. The number of aryl methyl sites for hydroxylation is 1. The molecule has 0 saturated carbocycles. The molecule has 7 nitrogen and oxygen atoms in total. The van der Waals surface area contributed by atoms with E-state index in [4.69, 9.17) is 9.15 Å². The van der Waals surface area contributed by atoms with Gasteiger partial charge < -0.3 is 14.5 Å². The quantitative estimate of drug-likeness (QED) is 0.431. The summed E-state index contributed by atoms with van der Waals surface area (Å²) in [5.74, 6) is -1.27. The summed E-state index contributed by atoms with van der Waals surface area (Å²) in [6.45, 7) is 1.96. The summed E-state index contributed by atoms with van der Waals surface area (Å²) in [4.78, 5) is 26.5. The Hall–Kier alpha value is -2.43. The van der Waals surface area contributed by atoms with Crippen molar-refractivity contribution in [3.63, 3.8) is 0 Å². The number of carbonyl (C=O) groups excluding carboxylic acids is 2. The van der Waals surface area contributed by atoms with Crippen molar-refractivity contribution in [1.82, 2.24) is 0 Å². The molecular formula is C22H20BrNO6S2. The van der Waals surface area contributed by atoms with Crippen LogP contribution in [0.5, 0.6) is 0 Å². The number of esters is 1. The SMILES string of the molecule is CCOC(=O)c1c(NC(=O)c2ccc(S(=O)(=O)c3ccc(Br)cc3)o2)sc2c1CCCC2. The number of nitrogens with one attached hydrogen (secondary N) is 1. The number of hydrogen-bond donors (Lipinski definition) is 1. The number of rotatable bonds is 6. The van der Waals surface area contributed by atoms with E-state index in [2.05, 4.69) is 21.2 Å². The van der Waals surface area contributed by atoms with Crippen molar-refractivity contribution in [2.75, 3.05) is 11.9 Å². The van der Waals surface area contributed by atoms with Gasteiger partial charge in [0.25, 0.3) is 5.91 Å². The molecular weight excluding hydrogens is 518 g/mol. The van der Waals surface area contributed by atoms with Crippen molar-refractivity contribution >= 4 is 54.0 Å². The average molecular weight is 538 g/mol. The number of fused-ring (bicyclic) bond motifs is 1. The van der Waals surface area contributed by atoms with Crippen LogP contribution in [-0.4, -0.2) is 26.9 Å². The van der Waals surface area contributed by atoms with E-state index < -0.39 is 21.7 Å². The van der Waals surface area contributed by atoms with E-state index in [9.17, 15) is 18.0 Å². The van der Waals surface area contributed by atoms with E-state index in [1.54, 1.807) is 19.1 Å². The molecule has 0 atom stereocenters. The monoisotopic (exact) mass is 537 g/mol. The highest BCUT2D eigenvalue weighted by molar-refractivity contribution is 9.10. The van der Waals surface area contributed by atoms with Gasteiger partial charge in [-0.3, -0.25) is 4.79 Å². The van der Waals surface area contributed by atoms with Crippen LogP contribution in [0.4, 0.5) is 5.00 Å².